The minimum Gasteiger partial charge on any atom is -0.459 e. The van der Waals surface area contributed by atoms with Crippen LogP contribution in [0.15, 0.2) is 48.5 Å². The molecule has 5 atom stereocenters. The van der Waals surface area contributed by atoms with Crippen LogP contribution in [0, 0.1) is 23.7 Å². The molecule has 4 bridgehead atoms. The lowest BCUT2D eigenvalue weighted by atomic mass is 9.53. The lowest BCUT2D eigenvalue weighted by molar-refractivity contribution is -0.276. The average Bonchev–Trinajstić information content (AvgIpc) is 3.49. The fourth-order valence-corrected chi connectivity index (χ4v) is 9.63. The predicted octanol–water partition coefficient (Wildman–Crippen LogP) is 6.87. The molecule has 9 nitrogen and oxygen atoms in total. The van der Waals surface area contributed by atoms with E-state index in [9.17, 15) is 14.7 Å². The summed E-state index contributed by atoms with van der Waals surface area (Å²) in [6.07, 6.45) is 7.96. The van der Waals surface area contributed by atoms with E-state index < -0.39 is 11.9 Å². The molecule has 5 unspecified atom stereocenters. The van der Waals surface area contributed by atoms with E-state index >= 15 is 0 Å². The molecule has 2 aromatic carbocycles. The standard InChI is InChI=1S/C39H53N3O6/c1-24-33(22-42-15-5-6-32(42)35(44)48-38(2,3)4)46-36(47-34(24)29-9-7-25(23-43)8-10-29)30-11-13-31(14-12-30)40-37(45)41-39-19-26-16-27(20-39)18-28(17-26)21-39/h7-14,24,26-28,32-34,36,43H,5-6,15-23H2,1-4H3,(H2,40,41,45). The van der Waals surface area contributed by atoms with Crippen LogP contribution in [0.4, 0.5) is 10.5 Å². The first kappa shape index (κ1) is 33.5. The predicted molar refractivity (Wildman–Crippen MR) is 183 cm³/mol. The molecule has 2 amide bonds. The van der Waals surface area contributed by atoms with Gasteiger partial charge in [-0.25, -0.2) is 4.79 Å². The molecule has 260 valence electrons. The number of rotatable bonds is 8. The smallest absolute Gasteiger partial charge is 0.323 e. The number of benzene rings is 2. The zero-order valence-corrected chi connectivity index (χ0v) is 29.0. The molecule has 6 fully saturated rings. The minimum absolute atomic E-state index is 0.00432. The molecule has 0 aromatic heterocycles. The number of esters is 1. The highest BCUT2D eigenvalue weighted by Gasteiger charge is 2.51. The molecule has 4 saturated carbocycles. The number of anilines is 1. The molecule has 0 radical (unpaired) electrons. The summed E-state index contributed by atoms with van der Waals surface area (Å²) >= 11 is 0. The van der Waals surface area contributed by atoms with Crippen LogP contribution in [0.1, 0.15) is 108 Å². The zero-order valence-electron chi connectivity index (χ0n) is 29.0. The maximum Gasteiger partial charge on any atom is 0.323 e. The van der Waals surface area contributed by atoms with Gasteiger partial charge in [-0.1, -0.05) is 43.3 Å². The summed E-state index contributed by atoms with van der Waals surface area (Å²) in [5.74, 6) is 2.12. The topological polar surface area (TPSA) is 109 Å². The summed E-state index contributed by atoms with van der Waals surface area (Å²) in [7, 11) is 0. The summed E-state index contributed by atoms with van der Waals surface area (Å²) in [4.78, 5) is 28.5. The van der Waals surface area contributed by atoms with Crippen LogP contribution >= 0.6 is 0 Å². The number of nitrogens with zero attached hydrogens (tertiary/aromatic N) is 1. The van der Waals surface area contributed by atoms with Gasteiger partial charge in [-0.2, -0.15) is 0 Å². The van der Waals surface area contributed by atoms with Gasteiger partial charge in [0, 0.05) is 29.3 Å². The van der Waals surface area contributed by atoms with Crippen molar-refractivity contribution >= 4 is 17.7 Å². The quantitative estimate of drug-likeness (QED) is 0.266. The van der Waals surface area contributed by atoms with Gasteiger partial charge in [0.25, 0.3) is 0 Å². The third-order valence-corrected chi connectivity index (χ3v) is 11.4. The summed E-state index contributed by atoms with van der Waals surface area (Å²) in [6, 6.07) is 15.2. The highest BCUT2D eigenvalue weighted by molar-refractivity contribution is 5.89. The second kappa shape index (κ2) is 13.4. The fourth-order valence-electron chi connectivity index (χ4n) is 9.63. The van der Waals surface area contributed by atoms with E-state index in [0.717, 1.165) is 78.8 Å². The first-order chi connectivity index (χ1) is 23.0. The van der Waals surface area contributed by atoms with Crippen LogP contribution in [0.5, 0.6) is 0 Å². The molecule has 2 aromatic rings. The maximum atomic E-state index is 13.2. The second-order valence-electron chi connectivity index (χ2n) is 16.4. The van der Waals surface area contributed by atoms with Crippen molar-refractivity contribution in [2.45, 2.75) is 121 Å². The Morgan fingerprint density at radius 3 is 2.17 bits per heavy atom. The van der Waals surface area contributed by atoms with Crippen LogP contribution in [-0.4, -0.2) is 58.4 Å². The van der Waals surface area contributed by atoms with Crippen molar-refractivity contribution in [2.24, 2.45) is 23.7 Å². The van der Waals surface area contributed by atoms with Crippen molar-refractivity contribution in [3.63, 3.8) is 0 Å². The van der Waals surface area contributed by atoms with Crippen LogP contribution in [0.2, 0.25) is 0 Å². The summed E-state index contributed by atoms with van der Waals surface area (Å²) < 4.78 is 19.1. The lowest BCUT2D eigenvalue weighted by Crippen LogP contribution is -2.60. The fraction of sp³-hybridized carbons (Fsp3) is 0.641. The molecule has 9 heteroatoms. The number of urea groups is 1. The Kier molecular flexibility index (Phi) is 9.34. The monoisotopic (exact) mass is 659 g/mol. The van der Waals surface area contributed by atoms with Crippen LogP contribution < -0.4 is 10.6 Å². The molecule has 2 saturated heterocycles. The number of ether oxygens (including phenoxy) is 3. The highest BCUT2D eigenvalue weighted by Crippen LogP contribution is 2.55. The van der Waals surface area contributed by atoms with Gasteiger partial charge >= 0.3 is 12.0 Å². The Bertz CT molecular complexity index is 1420. The molecular formula is C39H53N3O6. The zero-order chi connectivity index (χ0) is 33.6. The number of amides is 2. The summed E-state index contributed by atoms with van der Waals surface area (Å²) in [5, 5.41) is 16.1. The Morgan fingerprint density at radius 2 is 1.56 bits per heavy atom. The first-order valence-corrected chi connectivity index (χ1v) is 18.1. The largest absolute Gasteiger partial charge is 0.459 e. The third kappa shape index (κ3) is 7.30. The van der Waals surface area contributed by atoms with Gasteiger partial charge in [-0.3, -0.25) is 9.69 Å². The van der Waals surface area contributed by atoms with E-state index in [4.69, 9.17) is 14.2 Å². The number of aliphatic hydroxyl groups excluding tert-OH is 1. The lowest BCUT2D eigenvalue weighted by Gasteiger charge is -2.56. The van der Waals surface area contributed by atoms with Crippen molar-refractivity contribution < 1.29 is 28.9 Å². The van der Waals surface area contributed by atoms with Crippen molar-refractivity contribution in [3.05, 3.63) is 65.2 Å². The van der Waals surface area contributed by atoms with Crippen molar-refractivity contribution in [1.82, 2.24) is 10.2 Å². The van der Waals surface area contributed by atoms with Crippen LogP contribution in [0.3, 0.4) is 0 Å². The average molecular weight is 660 g/mol. The third-order valence-electron chi connectivity index (χ3n) is 11.4. The first-order valence-electron chi connectivity index (χ1n) is 18.1. The molecule has 8 rings (SSSR count). The Labute approximate surface area is 285 Å². The van der Waals surface area contributed by atoms with Crippen molar-refractivity contribution in [1.29, 1.82) is 0 Å². The molecular weight excluding hydrogens is 606 g/mol. The van der Waals surface area contributed by atoms with E-state index in [1.54, 1.807) is 0 Å². The molecule has 6 aliphatic rings. The molecule has 0 spiro atoms. The van der Waals surface area contributed by atoms with Gasteiger partial charge in [0.05, 0.1) is 18.8 Å². The van der Waals surface area contributed by atoms with E-state index in [2.05, 4.69) is 22.5 Å². The minimum atomic E-state index is -0.633. The SMILES string of the molecule is CC1C(CN2CCCC2C(=O)OC(C)(C)C)OC(c2ccc(NC(=O)NC34CC5CC(CC(C5)C3)C4)cc2)OC1c1ccc(CO)cc1. The molecule has 4 aliphatic carbocycles. The van der Waals surface area contributed by atoms with E-state index in [-0.39, 0.29) is 48.3 Å². The van der Waals surface area contributed by atoms with E-state index in [0.29, 0.717) is 6.54 Å². The molecule has 2 heterocycles. The highest BCUT2D eigenvalue weighted by atomic mass is 16.7. The number of nitrogens with one attached hydrogen (secondary N) is 2. The number of hydrogen-bond donors (Lipinski definition) is 3. The second-order valence-corrected chi connectivity index (χ2v) is 16.4. The summed E-state index contributed by atoms with van der Waals surface area (Å²) in [6.45, 7) is 9.23. The van der Waals surface area contributed by atoms with Gasteiger partial charge in [-0.15, -0.1) is 0 Å². The maximum absolute atomic E-state index is 13.2. The Morgan fingerprint density at radius 1 is 0.938 bits per heavy atom. The number of hydrogen-bond acceptors (Lipinski definition) is 7. The van der Waals surface area contributed by atoms with Gasteiger partial charge in [0.2, 0.25) is 0 Å². The molecule has 3 N–H and O–H groups in total. The van der Waals surface area contributed by atoms with Gasteiger partial charge < -0.3 is 30.0 Å². The van der Waals surface area contributed by atoms with E-state index in [1.165, 1.54) is 19.3 Å². The number of carbonyl (C=O) groups is 2. The Balaban J connectivity index is 1.05. The number of carbonyl (C=O) groups excluding carboxylic acids is 2. The van der Waals surface area contributed by atoms with Crippen LogP contribution in [0.25, 0.3) is 0 Å². The summed E-state index contributed by atoms with van der Waals surface area (Å²) in [5.41, 5.74) is 2.87. The van der Waals surface area contributed by atoms with Crippen LogP contribution in [-0.2, 0) is 25.6 Å². The van der Waals surface area contributed by atoms with Crippen molar-refractivity contribution in [2.75, 3.05) is 18.4 Å². The molecule has 2 aliphatic heterocycles. The molecule has 48 heavy (non-hydrogen) atoms. The Hall–Kier alpha value is -2.98. The number of aliphatic hydroxyl groups is 1. The van der Waals surface area contributed by atoms with Crippen molar-refractivity contribution in [3.8, 4) is 0 Å². The van der Waals surface area contributed by atoms with E-state index in [1.807, 2.05) is 69.3 Å². The van der Waals surface area contributed by atoms with Gasteiger partial charge in [-0.05, 0) is 120 Å². The number of likely N-dealkylation sites (tertiary alicyclic amines) is 1. The van der Waals surface area contributed by atoms with Gasteiger partial charge in [0.1, 0.15) is 11.6 Å². The normalized spacial score (nSPS) is 34.6. The van der Waals surface area contributed by atoms with Gasteiger partial charge in [0.15, 0.2) is 6.29 Å².